The van der Waals surface area contributed by atoms with Gasteiger partial charge in [-0.3, -0.25) is 0 Å². The third kappa shape index (κ3) is 4.30. The summed E-state index contributed by atoms with van der Waals surface area (Å²) >= 11 is 0. The van der Waals surface area contributed by atoms with Crippen LogP contribution >= 0.6 is 0 Å². The Labute approximate surface area is 122 Å². The van der Waals surface area contributed by atoms with E-state index in [4.69, 9.17) is 4.74 Å². The first-order valence-corrected chi connectivity index (χ1v) is 7.71. The first-order valence-electron chi connectivity index (χ1n) is 7.71. The van der Waals surface area contributed by atoms with Crippen molar-refractivity contribution in [2.45, 2.75) is 45.4 Å². The van der Waals surface area contributed by atoms with Crippen LogP contribution < -0.4 is 5.32 Å². The Kier molecular flexibility index (Phi) is 6.01. The number of aryl methyl sites for hydroxylation is 1. The van der Waals surface area contributed by atoms with E-state index in [0.717, 1.165) is 32.8 Å². The van der Waals surface area contributed by atoms with Gasteiger partial charge in [0.1, 0.15) is 6.10 Å². The van der Waals surface area contributed by atoms with Crippen LogP contribution in [0.2, 0.25) is 0 Å². The lowest BCUT2D eigenvalue weighted by Crippen LogP contribution is -2.34. The first-order chi connectivity index (χ1) is 9.68. The third-order valence-electron chi connectivity index (χ3n) is 4.04. The minimum Gasteiger partial charge on any atom is -0.369 e. The van der Waals surface area contributed by atoms with Crippen molar-refractivity contribution in [3.63, 3.8) is 0 Å². The highest BCUT2D eigenvalue weighted by Crippen LogP contribution is 2.18. The largest absolute Gasteiger partial charge is 0.369 e. The molecule has 0 bridgehead atoms. The second-order valence-corrected chi connectivity index (χ2v) is 5.86. The fourth-order valence-electron chi connectivity index (χ4n) is 2.44. The minimum atomic E-state index is 0.157. The van der Waals surface area contributed by atoms with Gasteiger partial charge in [0.2, 0.25) is 0 Å². The number of aromatic nitrogens is 2. The van der Waals surface area contributed by atoms with Crippen LogP contribution in [0.4, 0.5) is 0 Å². The van der Waals surface area contributed by atoms with Gasteiger partial charge in [0, 0.05) is 25.7 Å². The lowest BCUT2D eigenvalue weighted by molar-refractivity contribution is 0.0227. The number of rotatable bonds is 7. The molecule has 0 saturated carbocycles. The summed E-state index contributed by atoms with van der Waals surface area (Å²) in [6.45, 7) is 9.29. The van der Waals surface area contributed by atoms with Crippen LogP contribution in [-0.4, -0.2) is 53.8 Å². The summed E-state index contributed by atoms with van der Waals surface area (Å²) in [5.74, 6) is 0. The monoisotopic (exact) mass is 280 g/mol. The van der Waals surface area contributed by atoms with Gasteiger partial charge in [-0.2, -0.15) is 0 Å². The Hall–Kier alpha value is -0.910. The predicted octanol–water partition coefficient (Wildman–Crippen LogP) is 1.66. The van der Waals surface area contributed by atoms with E-state index >= 15 is 0 Å². The van der Waals surface area contributed by atoms with Crippen molar-refractivity contribution < 1.29 is 4.74 Å². The molecule has 1 atom stereocenters. The number of morpholine rings is 1. The van der Waals surface area contributed by atoms with E-state index in [0.29, 0.717) is 6.04 Å². The molecule has 1 aliphatic rings. The zero-order valence-electron chi connectivity index (χ0n) is 13.0. The molecule has 114 valence electrons. The number of hydrogen-bond acceptors (Lipinski definition) is 4. The number of imidazole rings is 1. The molecule has 1 unspecified atom stereocenters. The van der Waals surface area contributed by atoms with Gasteiger partial charge in [0.05, 0.1) is 24.8 Å². The van der Waals surface area contributed by atoms with Crippen molar-refractivity contribution in [2.24, 2.45) is 0 Å². The van der Waals surface area contributed by atoms with Crippen molar-refractivity contribution in [1.82, 2.24) is 19.8 Å². The quantitative estimate of drug-likeness (QED) is 0.772. The highest BCUT2D eigenvalue weighted by atomic mass is 16.5. The zero-order valence-corrected chi connectivity index (χ0v) is 13.0. The van der Waals surface area contributed by atoms with Crippen LogP contribution in [0, 0.1) is 0 Å². The highest BCUT2D eigenvalue weighted by Gasteiger charge is 2.19. The van der Waals surface area contributed by atoms with Crippen molar-refractivity contribution in [1.29, 1.82) is 0 Å². The third-order valence-corrected chi connectivity index (χ3v) is 4.04. The molecule has 0 aromatic carbocycles. The smallest absolute Gasteiger partial charge is 0.111 e. The van der Waals surface area contributed by atoms with Gasteiger partial charge < -0.3 is 19.5 Å². The molecular formula is C15H28N4O. The molecule has 0 aliphatic carbocycles. The summed E-state index contributed by atoms with van der Waals surface area (Å²) in [5, 5.41) is 3.37. The van der Waals surface area contributed by atoms with E-state index in [2.05, 4.69) is 40.7 Å². The molecule has 20 heavy (non-hydrogen) atoms. The fourth-order valence-corrected chi connectivity index (χ4v) is 2.44. The molecule has 0 spiro atoms. The molecule has 1 aromatic rings. The van der Waals surface area contributed by atoms with Crippen molar-refractivity contribution in [2.75, 3.05) is 33.3 Å². The topological polar surface area (TPSA) is 42.3 Å². The van der Waals surface area contributed by atoms with Gasteiger partial charge >= 0.3 is 0 Å². The predicted molar refractivity (Wildman–Crippen MR) is 80.8 cm³/mol. The Balaban J connectivity index is 1.77. The van der Waals surface area contributed by atoms with Gasteiger partial charge in [-0.05, 0) is 40.3 Å². The number of ether oxygens (including phenoxy) is 1. The van der Waals surface area contributed by atoms with Crippen LogP contribution in [0.3, 0.4) is 0 Å². The molecule has 1 aliphatic heterocycles. The van der Waals surface area contributed by atoms with Gasteiger partial charge in [0.25, 0.3) is 0 Å². The van der Waals surface area contributed by atoms with Crippen LogP contribution in [0.25, 0.3) is 0 Å². The number of nitrogens with one attached hydrogen (secondary N) is 1. The molecule has 1 aromatic heterocycles. The summed E-state index contributed by atoms with van der Waals surface area (Å²) in [7, 11) is 2.19. The van der Waals surface area contributed by atoms with Crippen LogP contribution in [0.1, 0.15) is 38.5 Å². The van der Waals surface area contributed by atoms with Crippen LogP contribution in [0.15, 0.2) is 12.5 Å². The average Bonchev–Trinajstić information content (AvgIpc) is 2.92. The van der Waals surface area contributed by atoms with E-state index in [9.17, 15) is 0 Å². The molecule has 1 saturated heterocycles. The van der Waals surface area contributed by atoms with Crippen LogP contribution in [0.5, 0.6) is 0 Å². The summed E-state index contributed by atoms with van der Waals surface area (Å²) in [6, 6.07) is 0.625. The van der Waals surface area contributed by atoms with Gasteiger partial charge in [-0.15, -0.1) is 0 Å². The lowest BCUT2D eigenvalue weighted by atomic mass is 10.2. The van der Waals surface area contributed by atoms with Crippen molar-refractivity contribution >= 4 is 0 Å². The first kappa shape index (κ1) is 15.5. The molecular weight excluding hydrogens is 252 g/mol. The summed E-state index contributed by atoms with van der Waals surface area (Å²) in [4.78, 5) is 6.68. The Morgan fingerprint density at radius 2 is 2.35 bits per heavy atom. The Morgan fingerprint density at radius 3 is 3.05 bits per heavy atom. The maximum atomic E-state index is 5.81. The fraction of sp³-hybridized carbons (Fsp3) is 0.800. The zero-order chi connectivity index (χ0) is 14.4. The van der Waals surface area contributed by atoms with Crippen molar-refractivity contribution in [3.05, 3.63) is 18.2 Å². The Morgan fingerprint density at radius 1 is 1.50 bits per heavy atom. The van der Waals surface area contributed by atoms with Gasteiger partial charge in [-0.25, -0.2) is 4.98 Å². The molecule has 5 nitrogen and oxygen atoms in total. The molecule has 0 amide bonds. The average molecular weight is 280 g/mol. The summed E-state index contributed by atoms with van der Waals surface area (Å²) in [5.41, 5.74) is 1.20. The number of nitrogens with zero attached hydrogens (tertiary/aromatic N) is 3. The number of unbranched alkanes of at least 4 members (excludes halogenated alkanes) is 1. The SMILES string of the molecule is CC(C)N(C)CCCCn1cncc1C1CNCCO1. The van der Waals surface area contributed by atoms with E-state index in [1.807, 2.05) is 12.5 Å². The molecule has 0 radical (unpaired) electrons. The van der Waals surface area contributed by atoms with Crippen molar-refractivity contribution in [3.8, 4) is 0 Å². The molecule has 2 heterocycles. The molecule has 1 N–H and O–H groups in total. The molecule has 5 heteroatoms. The minimum absolute atomic E-state index is 0.157. The molecule has 2 rings (SSSR count). The van der Waals surface area contributed by atoms with E-state index in [-0.39, 0.29) is 6.10 Å². The second kappa shape index (κ2) is 7.76. The normalized spacial score (nSPS) is 19.9. The standard InChI is InChI=1S/C15H28N4O/c1-13(2)18(3)7-4-5-8-19-12-17-10-14(19)15-11-16-6-9-20-15/h10,12-13,15-16H,4-9,11H2,1-3H3. The number of hydrogen-bond donors (Lipinski definition) is 1. The second-order valence-electron chi connectivity index (χ2n) is 5.86. The van der Waals surface area contributed by atoms with E-state index in [1.54, 1.807) is 0 Å². The Bertz CT molecular complexity index is 385. The van der Waals surface area contributed by atoms with Gasteiger partial charge in [0.15, 0.2) is 0 Å². The van der Waals surface area contributed by atoms with E-state index in [1.165, 1.54) is 18.5 Å². The highest BCUT2D eigenvalue weighted by molar-refractivity contribution is 5.04. The molecule has 1 fully saturated rings. The van der Waals surface area contributed by atoms with E-state index < -0.39 is 0 Å². The summed E-state index contributed by atoms with van der Waals surface area (Å²) in [6.07, 6.45) is 6.43. The van der Waals surface area contributed by atoms with Gasteiger partial charge in [-0.1, -0.05) is 0 Å². The maximum absolute atomic E-state index is 5.81. The lowest BCUT2D eigenvalue weighted by Gasteiger charge is -2.24. The van der Waals surface area contributed by atoms with Crippen LogP contribution in [-0.2, 0) is 11.3 Å². The summed E-state index contributed by atoms with van der Waals surface area (Å²) < 4.78 is 8.05. The maximum Gasteiger partial charge on any atom is 0.111 e.